The zero-order valence-electron chi connectivity index (χ0n) is 18.5. The molecule has 1 aliphatic heterocycles. The average molecular weight is 466 g/mol. The smallest absolute Gasteiger partial charge is 0.226 e. The summed E-state index contributed by atoms with van der Waals surface area (Å²) >= 11 is 6.19. The molecule has 8 heteroatoms. The standard InChI is InChI=1S/C25H25ClFN5O/c1-14-9-15(11-17(27)10-14)19-13-29-25(33-2)22(23(19)32-7-5-18(28)6-8-32)24-30-20-4-3-16(26)12-21(20)31-24/h3-4,9-13,18H,5-8,28H2,1-2H3,(H,30,31). The number of aromatic nitrogens is 3. The number of aromatic amines is 1. The summed E-state index contributed by atoms with van der Waals surface area (Å²) in [6.45, 7) is 3.43. The molecule has 5 rings (SSSR count). The number of ether oxygens (including phenoxy) is 1. The number of anilines is 1. The van der Waals surface area contributed by atoms with Crippen molar-refractivity contribution in [1.29, 1.82) is 0 Å². The number of benzene rings is 2. The molecule has 2 aromatic heterocycles. The Morgan fingerprint density at radius 3 is 2.70 bits per heavy atom. The third-order valence-corrected chi connectivity index (χ3v) is 6.33. The Morgan fingerprint density at radius 1 is 1.18 bits per heavy atom. The fourth-order valence-electron chi connectivity index (χ4n) is 4.51. The van der Waals surface area contributed by atoms with Crippen LogP contribution in [0.25, 0.3) is 33.5 Å². The van der Waals surface area contributed by atoms with E-state index < -0.39 is 0 Å². The maximum atomic E-state index is 14.4. The van der Waals surface area contributed by atoms with Crippen LogP contribution < -0.4 is 15.4 Å². The van der Waals surface area contributed by atoms with E-state index >= 15 is 0 Å². The van der Waals surface area contributed by atoms with Gasteiger partial charge in [-0.15, -0.1) is 0 Å². The number of rotatable bonds is 4. The lowest BCUT2D eigenvalue weighted by Gasteiger charge is -2.34. The monoisotopic (exact) mass is 465 g/mol. The van der Waals surface area contributed by atoms with Crippen LogP contribution in [0.5, 0.6) is 5.88 Å². The molecule has 1 aliphatic rings. The Labute approximate surface area is 196 Å². The number of nitrogens with one attached hydrogen (secondary N) is 1. The van der Waals surface area contributed by atoms with Gasteiger partial charge in [0.05, 0.1) is 23.8 Å². The van der Waals surface area contributed by atoms with Gasteiger partial charge in [0, 0.05) is 35.9 Å². The van der Waals surface area contributed by atoms with Gasteiger partial charge in [-0.05, 0) is 61.2 Å². The van der Waals surface area contributed by atoms with Crippen LogP contribution in [0, 0.1) is 12.7 Å². The van der Waals surface area contributed by atoms with Crippen LogP contribution in [0.3, 0.4) is 0 Å². The van der Waals surface area contributed by atoms with Crippen molar-refractivity contribution >= 4 is 28.3 Å². The zero-order valence-corrected chi connectivity index (χ0v) is 19.3. The number of piperidine rings is 1. The van der Waals surface area contributed by atoms with E-state index in [0.29, 0.717) is 16.7 Å². The van der Waals surface area contributed by atoms with E-state index in [1.54, 1.807) is 13.3 Å². The van der Waals surface area contributed by atoms with Gasteiger partial charge in [-0.1, -0.05) is 17.7 Å². The molecule has 3 N–H and O–H groups in total. The maximum absolute atomic E-state index is 14.4. The highest BCUT2D eigenvalue weighted by atomic mass is 35.5. The first-order valence-electron chi connectivity index (χ1n) is 10.9. The van der Waals surface area contributed by atoms with Gasteiger partial charge in [-0.3, -0.25) is 0 Å². The number of nitrogens with two attached hydrogens (primary N) is 1. The van der Waals surface area contributed by atoms with Crippen molar-refractivity contribution in [3.63, 3.8) is 0 Å². The summed E-state index contributed by atoms with van der Waals surface area (Å²) in [6.07, 6.45) is 3.48. The minimum atomic E-state index is -0.285. The highest BCUT2D eigenvalue weighted by Gasteiger charge is 2.28. The summed E-state index contributed by atoms with van der Waals surface area (Å²) in [5.41, 5.74) is 11.9. The number of fused-ring (bicyclic) bond motifs is 1. The lowest BCUT2D eigenvalue weighted by molar-refractivity contribution is 0.399. The first-order chi connectivity index (χ1) is 15.9. The van der Waals surface area contributed by atoms with Gasteiger partial charge in [-0.2, -0.15) is 0 Å². The van der Waals surface area contributed by atoms with Gasteiger partial charge in [0.15, 0.2) is 0 Å². The summed E-state index contributed by atoms with van der Waals surface area (Å²) in [4.78, 5) is 15.1. The maximum Gasteiger partial charge on any atom is 0.226 e. The molecular weight excluding hydrogens is 441 g/mol. The Morgan fingerprint density at radius 2 is 1.97 bits per heavy atom. The highest BCUT2D eigenvalue weighted by Crippen LogP contribution is 2.44. The predicted molar refractivity (Wildman–Crippen MR) is 130 cm³/mol. The highest BCUT2D eigenvalue weighted by molar-refractivity contribution is 6.31. The molecule has 2 aromatic carbocycles. The van der Waals surface area contributed by atoms with E-state index in [1.165, 1.54) is 12.1 Å². The average Bonchev–Trinajstić information content (AvgIpc) is 3.20. The van der Waals surface area contributed by atoms with Crippen LogP contribution >= 0.6 is 11.6 Å². The third-order valence-electron chi connectivity index (χ3n) is 6.10. The van der Waals surface area contributed by atoms with Crippen molar-refractivity contribution in [2.45, 2.75) is 25.8 Å². The van der Waals surface area contributed by atoms with E-state index in [1.807, 2.05) is 31.2 Å². The number of methoxy groups -OCH3 is 1. The number of imidazole rings is 1. The molecular formula is C25H25ClFN5O. The molecule has 6 nitrogen and oxygen atoms in total. The molecule has 0 unspecified atom stereocenters. The minimum Gasteiger partial charge on any atom is -0.480 e. The van der Waals surface area contributed by atoms with E-state index in [4.69, 9.17) is 27.1 Å². The van der Waals surface area contributed by atoms with E-state index in [2.05, 4.69) is 14.9 Å². The number of pyridine rings is 1. The quantitative estimate of drug-likeness (QED) is 0.426. The summed E-state index contributed by atoms with van der Waals surface area (Å²) in [7, 11) is 1.59. The molecule has 0 saturated carbocycles. The fraction of sp³-hybridized carbons (Fsp3) is 0.280. The predicted octanol–water partition coefficient (Wildman–Crippen LogP) is 5.33. The summed E-state index contributed by atoms with van der Waals surface area (Å²) in [5, 5.41) is 0.622. The number of H-pyrrole nitrogens is 1. The van der Waals surface area contributed by atoms with Crippen molar-refractivity contribution in [3.8, 4) is 28.4 Å². The number of hydrogen-bond acceptors (Lipinski definition) is 5. The Hall–Kier alpha value is -3.16. The second kappa shape index (κ2) is 8.65. The SMILES string of the molecule is COc1ncc(-c2cc(C)cc(F)c2)c(N2CCC(N)CC2)c1-c1nc2ccc(Cl)cc2[nH]1. The number of nitrogens with zero attached hydrogens (tertiary/aromatic N) is 3. The van der Waals surface area contributed by atoms with Crippen LogP contribution in [0.4, 0.5) is 10.1 Å². The molecule has 0 amide bonds. The number of aryl methyl sites for hydroxylation is 1. The molecule has 0 atom stereocenters. The summed E-state index contributed by atoms with van der Waals surface area (Å²) in [6, 6.07) is 10.7. The van der Waals surface area contributed by atoms with Gasteiger partial charge in [0.2, 0.25) is 5.88 Å². The Bertz CT molecular complexity index is 1310. The lowest BCUT2D eigenvalue weighted by Crippen LogP contribution is -2.40. The fourth-order valence-corrected chi connectivity index (χ4v) is 4.68. The van der Waals surface area contributed by atoms with Crippen molar-refractivity contribution in [2.24, 2.45) is 5.73 Å². The number of hydrogen-bond donors (Lipinski definition) is 2. The molecule has 4 aromatic rings. The van der Waals surface area contributed by atoms with Crippen LogP contribution in [0.1, 0.15) is 18.4 Å². The van der Waals surface area contributed by atoms with Crippen molar-refractivity contribution in [1.82, 2.24) is 15.0 Å². The van der Waals surface area contributed by atoms with Crippen molar-refractivity contribution in [2.75, 3.05) is 25.1 Å². The topological polar surface area (TPSA) is 80.1 Å². The molecule has 33 heavy (non-hydrogen) atoms. The van der Waals surface area contributed by atoms with Gasteiger partial charge >= 0.3 is 0 Å². The molecule has 1 fully saturated rings. The Balaban J connectivity index is 1.78. The molecule has 3 heterocycles. The second-order valence-electron chi connectivity index (χ2n) is 8.49. The van der Waals surface area contributed by atoms with Crippen LogP contribution in [-0.4, -0.2) is 41.2 Å². The first kappa shape index (κ1) is 21.7. The van der Waals surface area contributed by atoms with Gasteiger partial charge in [0.1, 0.15) is 17.2 Å². The lowest BCUT2D eigenvalue weighted by atomic mass is 9.97. The molecule has 0 radical (unpaired) electrons. The van der Waals surface area contributed by atoms with E-state index in [0.717, 1.165) is 64.9 Å². The van der Waals surface area contributed by atoms with E-state index in [-0.39, 0.29) is 11.9 Å². The Kier molecular flexibility index (Phi) is 5.68. The molecule has 0 aliphatic carbocycles. The second-order valence-corrected chi connectivity index (χ2v) is 8.93. The summed E-state index contributed by atoms with van der Waals surface area (Å²) < 4.78 is 20.1. The molecule has 0 bridgehead atoms. The summed E-state index contributed by atoms with van der Waals surface area (Å²) in [5.74, 6) is 0.783. The van der Waals surface area contributed by atoms with Gasteiger partial charge < -0.3 is 20.4 Å². The first-order valence-corrected chi connectivity index (χ1v) is 11.3. The van der Waals surface area contributed by atoms with Crippen molar-refractivity contribution in [3.05, 3.63) is 59.0 Å². The molecule has 0 spiro atoms. The van der Waals surface area contributed by atoms with Gasteiger partial charge in [0.25, 0.3) is 0 Å². The zero-order chi connectivity index (χ0) is 23.1. The largest absolute Gasteiger partial charge is 0.480 e. The third kappa shape index (κ3) is 4.14. The van der Waals surface area contributed by atoms with Crippen LogP contribution in [0.15, 0.2) is 42.6 Å². The molecule has 1 saturated heterocycles. The van der Waals surface area contributed by atoms with Gasteiger partial charge in [-0.25, -0.2) is 14.4 Å². The van der Waals surface area contributed by atoms with Crippen molar-refractivity contribution < 1.29 is 9.13 Å². The van der Waals surface area contributed by atoms with Crippen LogP contribution in [0.2, 0.25) is 5.02 Å². The molecule has 170 valence electrons. The van der Waals surface area contributed by atoms with E-state index in [9.17, 15) is 4.39 Å². The number of halogens is 2. The minimum absolute atomic E-state index is 0.168. The normalized spacial score (nSPS) is 14.8. The van der Waals surface area contributed by atoms with Crippen LogP contribution in [-0.2, 0) is 0 Å².